The molecule has 7 amide bonds. The summed E-state index contributed by atoms with van der Waals surface area (Å²) in [5.41, 5.74) is 7.91. The highest BCUT2D eigenvalue weighted by Crippen LogP contribution is 2.27. The van der Waals surface area contributed by atoms with Crippen LogP contribution in [-0.2, 0) is 49.4 Å². The fourth-order valence-electron chi connectivity index (χ4n) is 6.25. The topological polar surface area (TPSA) is 291 Å². The Balaban J connectivity index is 1.47. The zero-order valence-corrected chi connectivity index (χ0v) is 40.6. The second kappa shape index (κ2) is 32.9. The zero-order valence-electron chi connectivity index (χ0n) is 40.6. The Morgan fingerprint density at radius 1 is 0.643 bits per heavy atom. The van der Waals surface area contributed by atoms with E-state index in [1.54, 1.807) is 64.1 Å². The number of nitrogens with one attached hydrogen (secondary N) is 7. The highest BCUT2D eigenvalue weighted by Gasteiger charge is 2.28. The SMILES string of the molecule is CCC(=O)NCCNC(=O)/N=C(/N)NCCC[C@@H](NC(=O)C(c1ccccc1)c1ccc(NC(=O)CCOCCOCCOCCOCCNC(=O)OC(C)(C)C)cc1)C(=O)NCc1ccc(O)cc1. The van der Waals surface area contributed by atoms with Gasteiger partial charge >= 0.3 is 12.1 Å². The van der Waals surface area contributed by atoms with Crippen LogP contribution < -0.4 is 43.0 Å². The van der Waals surface area contributed by atoms with Crippen LogP contribution in [-0.4, -0.2) is 137 Å². The van der Waals surface area contributed by atoms with E-state index in [2.05, 4.69) is 42.2 Å². The number of amides is 7. The van der Waals surface area contributed by atoms with Gasteiger partial charge in [0.1, 0.15) is 17.4 Å². The summed E-state index contributed by atoms with van der Waals surface area (Å²) >= 11 is 0. The molecular weight excluding hydrogens is 907 g/mol. The van der Waals surface area contributed by atoms with Crippen molar-refractivity contribution in [3.8, 4) is 5.75 Å². The second-order valence-corrected chi connectivity index (χ2v) is 16.6. The van der Waals surface area contributed by atoms with Crippen LogP contribution in [0.5, 0.6) is 5.75 Å². The third kappa shape index (κ3) is 25.5. The van der Waals surface area contributed by atoms with Crippen molar-refractivity contribution in [2.24, 2.45) is 10.7 Å². The Labute approximate surface area is 409 Å². The number of benzene rings is 3. The predicted molar refractivity (Wildman–Crippen MR) is 263 cm³/mol. The highest BCUT2D eigenvalue weighted by molar-refractivity contribution is 5.94. The van der Waals surface area contributed by atoms with Crippen molar-refractivity contribution >= 4 is 47.4 Å². The predicted octanol–water partition coefficient (Wildman–Crippen LogP) is 3.17. The van der Waals surface area contributed by atoms with Gasteiger partial charge in [-0.25, -0.2) is 9.59 Å². The standard InChI is InChI=1S/C49H71N9O12/c1-5-41(60)51-23-24-53-47(64)58-46(50)52-22-9-12-40(44(62)55-34-35-13-19-39(59)20-14-35)57-45(63)43(36-10-7-6-8-11-36)37-15-17-38(18-16-37)56-42(61)21-26-66-28-30-68-32-33-69-31-29-67-27-25-54-48(65)70-49(2,3)4/h6-8,10-11,13-20,40,43,59H,5,9,12,21-34H2,1-4H3,(H,51,60)(H,54,65)(H,55,62)(H,56,61)(H,57,63)(H4,50,52,53,58,64)/t40-,43?/m1/s1. The minimum absolute atomic E-state index is 0.0861. The molecule has 0 aliphatic rings. The van der Waals surface area contributed by atoms with Gasteiger partial charge in [-0.2, -0.15) is 4.99 Å². The smallest absolute Gasteiger partial charge is 0.407 e. The molecule has 3 aromatic rings. The van der Waals surface area contributed by atoms with Crippen LogP contribution in [0.25, 0.3) is 0 Å². The largest absolute Gasteiger partial charge is 0.508 e. The number of urea groups is 1. The second-order valence-electron chi connectivity index (χ2n) is 16.6. The number of rotatable bonds is 31. The molecule has 0 radical (unpaired) electrons. The minimum Gasteiger partial charge on any atom is -0.508 e. The number of anilines is 1. The van der Waals surface area contributed by atoms with E-state index >= 15 is 0 Å². The lowest BCUT2D eigenvalue weighted by atomic mass is 9.90. The molecule has 21 nitrogen and oxygen atoms in total. The molecule has 0 spiro atoms. The molecule has 0 aliphatic carbocycles. The maximum absolute atomic E-state index is 14.3. The molecule has 0 heterocycles. The molecule has 0 aromatic heterocycles. The van der Waals surface area contributed by atoms with Crippen LogP contribution in [0.3, 0.4) is 0 Å². The van der Waals surface area contributed by atoms with Gasteiger partial charge < -0.3 is 71.7 Å². The maximum Gasteiger partial charge on any atom is 0.407 e. The van der Waals surface area contributed by atoms with Gasteiger partial charge in [0.15, 0.2) is 5.96 Å². The van der Waals surface area contributed by atoms with E-state index in [-0.39, 0.29) is 69.2 Å². The molecule has 70 heavy (non-hydrogen) atoms. The van der Waals surface area contributed by atoms with Crippen molar-refractivity contribution in [1.82, 2.24) is 31.9 Å². The molecule has 2 atom stereocenters. The Kier molecular flexibility index (Phi) is 27.0. The average Bonchev–Trinajstić information content (AvgIpc) is 3.32. The van der Waals surface area contributed by atoms with Crippen molar-refractivity contribution < 1.29 is 57.6 Å². The number of carbonyl (C=O) groups excluding carboxylic acids is 6. The summed E-state index contributed by atoms with van der Waals surface area (Å²) in [6.07, 6.45) is 0.474. The summed E-state index contributed by atoms with van der Waals surface area (Å²) < 4.78 is 27.1. The van der Waals surface area contributed by atoms with Gasteiger partial charge in [0.2, 0.25) is 23.6 Å². The number of hydrogen-bond donors (Lipinski definition) is 9. The molecule has 0 fully saturated rings. The monoisotopic (exact) mass is 978 g/mol. The molecular formula is C49H71N9O12. The number of guanidine groups is 1. The summed E-state index contributed by atoms with van der Waals surface area (Å²) in [4.78, 5) is 79.6. The van der Waals surface area contributed by atoms with Crippen LogP contribution in [0.4, 0.5) is 15.3 Å². The number of aliphatic imine (C=N–C) groups is 1. The van der Waals surface area contributed by atoms with Crippen LogP contribution in [0.15, 0.2) is 83.9 Å². The van der Waals surface area contributed by atoms with E-state index in [0.717, 1.165) is 5.56 Å². The number of hydrogen-bond acceptors (Lipinski definition) is 12. The summed E-state index contributed by atoms with van der Waals surface area (Å²) in [6.45, 7) is 10.8. The first-order chi connectivity index (χ1) is 33.6. The number of phenols is 1. The lowest BCUT2D eigenvalue weighted by Gasteiger charge is -2.23. The van der Waals surface area contributed by atoms with E-state index in [1.165, 1.54) is 12.1 Å². The average molecular weight is 978 g/mol. The van der Waals surface area contributed by atoms with Crippen molar-refractivity contribution in [1.29, 1.82) is 0 Å². The van der Waals surface area contributed by atoms with Crippen molar-refractivity contribution in [2.75, 3.05) is 84.4 Å². The number of ether oxygens (including phenoxy) is 5. The lowest BCUT2D eigenvalue weighted by Crippen LogP contribution is -2.48. The first-order valence-electron chi connectivity index (χ1n) is 23.3. The fraction of sp³-hybridized carbons (Fsp3) is 0.490. The number of phenolic OH excluding ortho intramolecular Hbond substituents is 1. The number of nitrogens with zero attached hydrogens (tertiary/aromatic N) is 1. The normalized spacial score (nSPS) is 12.2. The third-order valence-corrected chi connectivity index (χ3v) is 9.71. The van der Waals surface area contributed by atoms with Gasteiger partial charge in [-0.15, -0.1) is 0 Å². The van der Waals surface area contributed by atoms with Gasteiger partial charge in [0.25, 0.3) is 0 Å². The molecule has 1 unspecified atom stereocenters. The van der Waals surface area contributed by atoms with E-state index in [0.29, 0.717) is 82.4 Å². The van der Waals surface area contributed by atoms with Crippen LogP contribution in [0.1, 0.15) is 76.0 Å². The molecule has 0 saturated heterocycles. The Morgan fingerprint density at radius 3 is 1.87 bits per heavy atom. The number of aromatic hydroxyl groups is 1. The minimum atomic E-state index is -0.982. The van der Waals surface area contributed by atoms with E-state index in [4.69, 9.17) is 29.4 Å². The van der Waals surface area contributed by atoms with Crippen LogP contribution in [0.2, 0.25) is 0 Å². The van der Waals surface area contributed by atoms with Crippen LogP contribution in [0, 0.1) is 0 Å². The van der Waals surface area contributed by atoms with Gasteiger partial charge in [0.05, 0.1) is 65.2 Å². The molecule has 0 saturated carbocycles. The summed E-state index contributed by atoms with van der Waals surface area (Å²) in [6, 6.07) is 20.7. The van der Waals surface area contributed by atoms with Gasteiger partial charge in [-0.1, -0.05) is 61.5 Å². The molecule has 0 bridgehead atoms. The Morgan fingerprint density at radius 2 is 1.24 bits per heavy atom. The number of carbonyl (C=O) groups is 6. The number of alkyl carbamates (subject to hydrolysis) is 1. The van der Waals surface area contributed by atoms with Crippen molar-refractivity contribution in [2.45, 2.75) is 77.5 Å². The summed E-state index contributed by atoms with van der Waals surface area (Å²) in [7, 11) is 0. The van der Waals surface area contributed by atoms with E-state index in [1.807, 2.05) is 30.3 Å². The molecule has 384 valence electrons. The Bertz CT molecular complexity index is 2070. The molecule has 3 rings (SSSR count). The van der Waals surface area contributed by atoms with Crippen molar-refractivity contribution in [3.05, 3.63) is 95.6 Å². The molecule has 21 heteroatoms. The first kappa shape index (κ1) is 57.5. The number of nitrogens with two attached hydrogens (primary N) is 1. The van der Waals surface area contributed by atoms with E-state index in [9.17, 15) is 33.9 Å². The van der Waals surface area contributed by atoms with Crippen molar-refractivity contribution in [3.63, 3.8) is 0 Å². The first-order valence-corrected chi connectivity index (χ1v) is 23.3. The third-order valence-electron chi connectivity index (χ3n) is 9.71. The molecule has 0 aliphatic heterocycles. The van der Waals surface area contributed by atoms with Gasteiger partial charge in [-0.3, -0.25) is 19.2 Å². The van der Waals surface area contributed by atoms with E-state index < -0.39 is 41.5 Å². The molecule has 3 aromatic carbocycles. The van der Waals surface area contributed by atoms with Crippen LogP contribution >= 0.6 is 0 Å². The zero-order chi connectivity index (χ0) is 51.0. The maximum atomic E-state index is 14.3. The highest BCUT2D eigenvalue weighted by atomic mass is 16.6. The summed E-state index contributed by atoms with van der Waals surface area (Å²) in [5.74, 6) is -2.16. The Hall–Kier alpha value is -6.81. The van der Waals surface area contributed by atoms with Gasteiger partial charge in [-0.05, 0) is 74.6 Å². The quantitative estimate of drug-likeness (QED) is 0.0255. The van der Waals surface area contributed by atoms with Gasteiger partial charge in [0, 0.05) is 44.8 Å². The fourth-order valence-corrected chi connectivity index (χ4v) is 6.25. The summed E-state index contributed by atoms with van der Waals surface area (Å²) in [5, 5.41) is 29.0. The molecule has 10 N–H and O–H groups in total. The lowest BCUT2D eigenvalue weighted by molar-refractivity contribution is -0.129.